The SMILES string of the molecule is NC1CC(c2ccc(C(=O)C(N)[C@@H]3C[C@@H](CC(=O)O)C(=O)N3CCCc3ccccc3)cc2)C1. The molecule has 7 nitrogen and oxygen atoms in total. The quantitative estimate of drug-likeness (QED) is 0.465. The number of Topliss-reactive ketones (excluding diaryl/α,β-unsaturated/α-hetero) is 1. The molecule has 0 aromatic heterocycles. The van der Waals surface area contributed by atoms with Gasteiger partial charge in [0.1, 0.15) is 0 Å². The molecule has 2 aromatic carbocycles. The first kappa shape index (κ1) is 24.1. The van der Waals surface area contributed by atoms with Crippen LogP contribution in [0.3, 0.4) is 0 Å². The highest BCUT2D eigenvalue weighted by atomic mass is 16.4. The number of rotatable bonds is 10. The number of amides is 1. The molecular formula is C27H33N3O4. The van der Waals surface area contributed by atoms with Crippen LogP contribution in [0.2, 0.25) is 0 Å². The molecule has 2 aromatic rings. The zero-order chi connectivity index (χ0) is 24.2. The van der Waals surface area contributed by atoms with E-state index in [0.29, 0.717) is 24.4 Å². The van der Waals surface area contributed by atoms with Crippen LogP contribution in [0, 0.1) is 5.92 Å². The van der Waals surface area contributed by atoms with E-state index in [1.807, 2.05) is 42.5 Å². The number of nitrogens with two attached hydrogens (primary N) is 2. The van der Waals surface area contributed by atoms with Gasteiger partial charge in [-0.15, -0.1) is 0 Å². The van der Waals surface area contributed by atoms with Crippen molar-refractivity contribution in [3.8, 4) is 0 Å². The summed E-state index contributed by atoms with van der Waals surface area (Å²) in [6.07, 6.45) is 3.45. The maximum Gasteiger partial charge on any atom is 0.304 e. The molecule has 2 aliphatic rings. The third kappa shape index (κ3) is 5.37. The van der Waals surface area contributed by atoms with Gasteiger partial charge < -0.3 is 21.5 Å². The Hall–Kier alpha value is -3.03. The summed E-state index contributed by atoms with van der Waals surface area (Å²) in [6.45, 7) is 0.441. The van der Waals surface area contributed by atoms with Crippen molar-refractivity contribution in [1.29, 1.82) is 0 Å². The number of nitrogens with zero attached hydrogens (tertiary/aromatic N) is 1. The van der Waals surface area contributed by atoms with Gasteiger partial charge in [-0.05, 0) is 49.1 Å². The molecule has 2 fully saturated rings. The Kier molecular flexibility index (Phi) is 7.44. The Morgan fingerprint density at radius 3 is 2.32 bits per heavy atom. The molecule has 1 amide bonds. The number of carbonyl (C=O) groups is 3. The number of aryl methyl sites for hydroxylation is 1. The number of benzene rings is 2. The molecule has 1 saturated heterocycles. The van der Waals surface area contributed by atoms with Crippen LogP contribution in [0.4, 0.5) is 0 Å². The fraction of sp³-hybridized carbons (Fsp3) is 0.444. The first-order valence-corrected chi connectivity index (χ1v) is 12.0. The third-order valence-electron chi connectivity index (χ3n) is 7.25. The largest absolute Gasteiger partial charge is 0.481 e. The van der Waals surface area contributed by atoms with Crippen molar-refractivity contribution in [1.82, 2.24) is 4.90 Å². The number of hydrogen-bond acceptors (Lipinski definition) is 5. The molecule has 0 radical (unpaired) electrons. The standard InChI is InChI=1S/C27H33N3O4/c28-22-13-20(14-22)18-8-10-19(11-9-18)26(33)25(29)23-15-21(16-24(31)32)27(34)30(23)12-4-7-17-5-2-1-3-6-17/h1-3,5-6,8-11,20-23,25H,4,7,12-16,28-29H2,(H,31,32)/t20?,21-,22?,23-,25?/m0/s1. The fourth-order valence-corrected chi connectivity index (χ4v) is 5.23. The summed E-state index contributed by atoms with van der Waals surface area (Å²) in [5.41, 5.74) is 15.2. The summed E-state index contributed by atoms with van der Waals surface area (Å²) in [4.78, 5) is 39.2. The van der Waals surface area contributed by atoms with Crippen LogP contribution in [0.15, 0.2) is 54.6 Å². The highest BCUT2D eigenvalue weighted by Gasteiger charge is 2.44. The minimum absolute atomic E-state index is 0.222. The van der Waals surface area contributed by atoms with E-state index in [4.69, 9.17) is 11.5 Å². The minimum atomic E-state index is -1.02. The monoisotopic (exact) mass is 463 g/mol. The molecule has 34 heavy (non-hydrogen) atoms. The maximum absolute atomic E-state index is 13.2. The first-order chi connectivity index (χ1) is 16.3. The van der Waals surface area contributed by atoms with Gasteiger partial charge in [-0.25, -0.2) is 0 Å². The first-order valence-electron chi connectivity index (χ1n) is 12.0. The molecule has 3 atom stereocenters. The van der Waals surface area contributed by atoms with Crippen LogP contribution in [-0.2, 0) is 16.0 Å². The molecular weight excluding hydrogens is 430 g/mol. The molecule has 1 saturated carbocycles. The Labute approximate surface area is 200 Å². The van der Waals surface area contributed by atoms with Crippen LogP contribution in [0.25, 0.3) is 0 Å². The van der Waals surface area contributed by atoms with Crippen molar-refractivity contribution < 1.29 is 19.5 Å². The molecule has 1 unspecified atom stereocenters. The highest BCUT2D eigenvalue weighted by molar-refractivity contribution is 6.01. The summed E-state index contributed by atoms with van der Waals surface area (Å²) in [5.74, 6) is -1.67. The lowest BCUT2D eigenvalue weighted by atomic mass is 9.76. The van der Waals surface area contributed by atoms with E-state index < -0.39 is 24.0 Å². The van der Waals surface area contributed by atoms with Gasteiger partial charge in [0.15, 0.2) is 5.78 Å². The Morgan fingerprint density at radius 2 is 1.71 bits per heavy atom. The van der Waals surface area contributed by atoms with Crippen LogP contribution >= 0.6 is 0 Å². The van der Waals surface area contributed by atoms with Gasteiger partial charge in [-0.3, -0.25) is 14.4 Å². The van der Waals surface area contributed by atoms with Gasteiger partial charge in [-0.1, -0.05) is 54.6 Å². The van der Waals surface area contributed by atoms with Gasteiger partial charge in [0.25, 0.3) is 0 Å². The number of hydrogen-bond donors (Lipinski definition) is 3. The van der Waals surface area contributed by atoms with Gasteiger partial charge >= 0.3 is 5.97 Å². The fourth-order valence-electron chi connectivity index (χ4n) is 5.23. The zero-order valence-corrected chi connectivity index (χ0v) is 19.3. The number of ketones is 1. The lowest BCUT2D eigenvalue weighted by Gasteiger charge is -2.33. The zero-order valence-electron chi connectivity index (χ0n) is 19.3. The van der Waals surface area contributed by atoms with Crippen LogP contribution in [-0.4, -0.2) is 52.3 Å². The molecule has 1 aliphatic carbocycles. The molecule has 7 heteroatoms. The lowest BCUT2D eigenvalue weighted by molar-refractivity contribution is -0.142. The van der Waals surface area contributed by atoms with E-state index in [1.54, 1.807) is 17.0 Å². The summed E-state index contributed by atoms with van der Waals surface area (Å²) >= 11 is 0. The van der Waals surface area contributed by atoms with E-state index in [9.17, 15) is 19.5 Å². The van der Waals surface area contributed by atoms with Crippen molar-refractivity contribution in [3.05, 3.63) is 71.3 Å². The Balaban J connectivity index is 1.44. The average Bonchev–Trinajstić information content (AvgIpc) is 3.11. The Bertz CT molecular complexity index is 1020. The summed E-state index contributed by atoms with van der Waals surface area (Å²) in [7, 11) is 0. The molecule has 4 rings (SSSR count). The van der Waals surface area contributed by atoms with E-state index in [1.165, 1.54) is 11.1 Å². The van der Waals surface area contributed by atoms with E-state index in [0.717, 1.165) is 19.3 Å². The average molecular weight is 464 g/mol. The lowest BCUT2D eigenvalue weighted by Crippen LogP contribution is -2.50. The van der Waals surface area contributed by atoms with Crippen LogP contribution < -0.4 is 11.5 Å². The number of aliphatic carboxylic acids is 1. The Morgan fingerprint density at radius 1 is 1.03 bits per heavy atom. The molecule has 180 valence electrons. The van der Waals surface area contributed by atoms with Crippen molar-refractivity contribution in [2.75, 3.05) is 6.54 Å². The predicted octanol–water partition coefficient (Wildman–Crippen LogP) is 2.73. The predicted molar refractivity (Wildman–Crippen MR) is 129 cm³/mol. The summed E-state index contributed by atoms with van der Waals surface area (Å²) < 4.78 is 0. The molecule has 5 N–H and O–H groups in total. The normalized spacial score (nSPS) is 25.1. The number of carboxylic acid groups (broad SMARTS) is 1. The number of carboxylic acids is 1. The van der Waals surface area contributed by atoms with E-state index in [-0.39, 0.29) is 30.6 Å². The second kappa shape index (κ2) is 10.5. The van der Waals surface area contributed by atoms with E-state index >= 15 is 0 Å². The maximum atomic E-state index is 13.2. The summed E-state index contributed by atoms with van der Waals surface area (Å²) in [5, 5.41) is 9.25. The van der Waals surface area contributed by atoms with Crippen molar-refractivity contribution in [2.45, 2.75) is 62.6 Å². The van der Waals surface area contributed by atoms with Gasteiger partial charge in [-0.2, -0.15) is 0 Å². The van der Waals surface area contributed by atoms with E-state index in [2.05, 4.69) is 0 Å². The topological polar surface area (TPSA) is 127 Å². The number of carbonyl (C=O) groups excluding carboxylic acids is 2. The van der Waals surface area contributed by atoms with Crippen molar-refractivity contribution in [3.63, 3.8) is 0 Å². The van der Waals surface area contributed by atoms with Gasteiger partial charge in [0, 0.05) is 18.2 Å². The molecule has 0 spiro atoms. The second-order valence-corrected chi connectivity index (χ2v) is 9.66. The molecule has 1 heterocycles. The third-order valence-corrected chi connectivity index (χ3v) is 7.25. The highest BCUT2D eigenvalue weighted by Crippen LogP contribution is 2.36. The van der Waals surface area contributed by atoms with Crippen LogP contribution in [0.1, 0.15) is 59.5 Å². The van der Waals surface area contributed by atoms with Gasteiger partial charge in [0.05, 0.1) is 24.4 Å². The second-order valence-electron chi connectivity index (χ2n) is 9.66. The number of likely N-dealkylation sites (tertiary alicyclic amines) is 1. The van der Waals surface area contributed by atoms with Crippen molar-refractivity contribution >= 4 is 17.7 Å². The summed E-state index contributed by atoms with van der Waals surface area (Å²) in [6, 6.07) is 16.3. The van der Waals surface area contributed by atoms with Crippen molar-refractivity contribution in [2.24, 2.45) is 17.4 Å². The van der Waals surface area contributed by atoms with Gasteiger partial charge in [0.2, 0.25) is 5.91 Å². The molecule has 0 bridgehead atoms. The molecule has 1 aliphatic heterocycles. The van der Waals surface area contributed by atoms with Crippen LogP contribution in [0.5, 0.6) is 0 Å². The smallest absolute Gasteiger partial charge is 0.304 e. The minimum Gasteiger partial charge on any atom is -0.481 e.